The van der Waals surface area contributed by atoms with E-state index in [2.05, 4.69) is 18.7 Å². The van der Waals surface area contributed by atoms with Crippen LogP contribution in [0.3, 0.4) is 0 Å². The first-order valence-corrected chi connectivity index (χ1v) is 8.66. The Hall–Kier alpha value is -1.68. The first kappa shape index (κ1) is 16.7. The molecular formula is C18H23NO2S. The van der Waals surface area contributed by atoms with Crippen LogP contribution in [0.4, 0.5) is 0 Å². The number of amides is 1. The van der Waals surface area contributed by atoms with Crippen molar-refractivity contribution in [2.75, 3.05) is 5.75 Å². The van der Waals surface area contributed by atoms with Gasteiger partial charge in [-0.2, -0.15) is 0 Å². The molecular weight excluding hydrogens is 294 g/mol. The van der Waals surface area contributed by atoms with Crippen molar-refractivity contribution in [3.05, 3.63) is 59.3 Å². The molecule has 0 radical (unpaired) electrons. The van der Waals surface area contributed by atoms with Crippen LogP contribution >= 0.6 is 11.8 Å². The number of rotatable bonds is 6. The molecule has 0 bridgehead atoms. The number of benzene rings is 1. The van der Waals surface area contributed by atoms with E-state index in [0.717, 1.165) is 23.6 Å². The van der Waals surface area contributed by atoms with E-state index in [-0.39, 0.29) is 18.4 Å². The van der Waals surface area contributed by atoms with Gasteiger partial charge < -0.3 is 10.0 Å². The molecule has 1 N–H and O–H groups in total. The molecule has 1 fully saturated rings. The monoisotopic (exact) mass is 317 g/mol. The van der Waals surface area contributed by atoms with Gasteiger partial charge in [0.2, 0.25) is 5.91 Å². The highest BCUT2D eigenvalue weighted by Gasteiger charge is 2.31. The van der Waals surface area contributed by atoms with Crippen LogP contribution in [0.25, 0.3) is 0 Å². The molecule has 0 saturated carbocycles. The van der Waals surface area contributed by atoms with Gasteiger partial charge in [0, 0.05) is 18.6 Å². The number of carbonyl (C=O) groups excluding carboxylic acids is 1. The summed E-state index contributed by atoms with van der Waals surface area (Å²) in [6.45, 7) is 6.00. The fourth-order valence-electron chi connectivity index (χ4n) is 2.58. The van der Waals surface area contributed by atoms with E-state index in [9.17, 15) is 9.90 Å². The molecule has 1 saturated heterocycles. The van der Waals surface area contributed by atoms with Gasteiger partial charge in [0.25, 0.3) is 0 Å². The number of aliphatic hydroxyl groups is 1. The number of aliphatic hydroxyl groups excluding tert-OH is 1. The van der Waals surface area contributed by atoms with Crippen molar-refractivity contribution in [3.63, 3.8) is 0 Å². The predicted octanol–water partition coefficient (Wildman–Crippen LogP) is 4.28. The van der Waals surface area contributed by atoms with Crippen molar-refractivity contribution in [3.8, 4) is 0 Å². The van der Waals surface area contributed by atoms with Gasteiger partial charge in [-0.3, -0.25) is 4.79 Å². The Balaban J connectivity index is 2.01. The summed E-state index contributed by atoms with van der Waals surface area (Å²) in [5.74, 6) is 1.19. The largest absolute Gasteiger partial charge is 0.513 e. The molecule has 0 aliphatic carbocycles. The summed E-state index contributed by atoms with van der Waals surface area (Å²) in [5.41, 5.74) is 1.23. The Labute approximate surface area is 136 Å². The summed E-state index contributed by atoms with van der Waals surface area (Å²) in [5, 5.41) is 10.5. The molecule has 0 spiro atoms. The molecule has 1 amide bonds. The van der Waals surface area contributed by atoms with Gasteiger partial charge >= 0.3 is 0 Å². The van der Waals surface area contributed by atoms with Gasteiger partial charge in [-0.25, -0.2) is 0 Å². The van der Waals surface area contributed by atoms with Crippen LogP contribution in [-0.2, 0) is 11.2 Å². The third-order valence-corrected chi connectivity index (χ3v) is 4.76. The maximum absolute atomic E-state index is 12.5. The molecule has 22 heavy (non-hydrogen) atoms. The topological polar surface area (TPSA) is 40.5 Å². The highest BCUT2D eigenvalue weighted by Crippen LogP contribution is 2.33. The molecule has 1 atom stereocenters. The highest BCUT2D eigenvalue weighted by atomic mass is 32.2. The summed E-state index contributed by atoms with van der Waals surface area (Å²) in [7, 11) is 0. The van der Waals surface area contributed by atoms with E-state index in [4.69, 9.17) is 0 Å². The van der Waals surface area contributed by atoms with Gasteiger partial charge in [-0.05, 0) is 24.5 Å². The van der Waals surface area contributed by atoms with Crippen LogP contribution in [0.15, 0.2) is 53.8 Å². The fourth-order valence-corrected chi connectivity index (χ4v) is 3.62. The summed E-state index contributed by atoms with van der Waals surface area (Å²) < 4.78 is 0. The third kappa shape index (κ3) is 4.41. The number of hydrogen-bond donors (Lipinski definition) is 1. The van der Waals surface area contributed by atoms with Crippen LogP contribution in [0.2, 0.25) is 0 Å². The van der Waals surface area contributed by atoms with E-state index in [1.807, 2.05) is 25.1 Å². The molecule has 1 heterocycles. The van der Waals surface area contributed by atoms with E-state index in [0.29, 0.717) is 12.2 Å². The molecule has 0 aromatic heterocycles. The quantitative estimate of drug-likeness (QED) is 0.796. The molecule has 1 aromatic carbocycles. The molecule has 1 aliphatic rings. The number of carbonyl (C=O) groups is 1. The Morgan fingerprint density at radius 1 is 1.45 bits per heavy atom. The minimum absolute atomic E-state index is 0.0126. The zero-order chi connectivity index (χ0) is 15.9. The smallest absolute Gasteiger partial charge is 0.231 e. The lowest BCUT2D eigenvalue weighted by molar-refractivity contribution is -0.129. The van der Waals surface area contributed by atoms with Crippen LogP contribution in [0, 0.1) is 0 Å². The Bertz CT molecular complexity index is 553. The first-order valence-electron chi connectivity index (χ1n) is 7.67. The predicted molar refractivity (Wildman–Crippen MR) is 92.6 cm³/mol. The average Bonchev–Trinajstić information content (AvgIpc) is 2.87. The minimum Gasteiger partial charge on any atom is -0.513 e. The van der Waals surface area contributed by atoms with Crippen LogP contribution in [0.5, 0.6) is 0 Å². The second-order valence-electron chi connectivity index (χ2n) is 5.46. The number of hydrogen-bond acceptors (Lipinski definition) is 3. The molecule has 2 rings (SSSR count). The van der Waals surface area contributed by atoms with Gasteiger partial charge in [0.15, 0.2) is 0 Å². The fraction of sp³-hybridized carbons (Fsp3) is 0.389. The number of nitrogens with zero attached hydrogens (tertiary/aromatic N) is 1. The minimum atomic E-state index is 0.0126. The Kier molecular flexibility index (Phi) is 6.13. The van der Waals surface area contributed by atoms with Crippen molar-refractivity contribution in [2.24, 2.45) is 0 Å². The second kappa shape index (κ2) is 8.08. The van der Waals surface area contributed by atoms with Crippen molar-refractivity contribution in [1.82, 2.24) is 4.90 Å². The van der Waals surface area contributed by atoms with Crippen LogP contribution in [0.1, 0.15) is 31.7 Å². The molecule has 0 unspecified atom stereocenters. The van der Waals surface area contributed by atoms with E-state index < -0.39 is 0 Å². The summed E-state index contributed by atoms with van der Waals surface area (Å²) in [6.07, 6.45) is 4.19. The standard InChI is InChI=1S/C18H23NO2S/c1-3-7-17(20)10-11-18(21)19-14(2)22-13-16(19)12-15-8-5-4-6-9-15/h4-6,8-10,16,20H,2-3,7,11-13H2,1H3/t16-/m0/s1. The lowest BCUT2D eigenvalue weighted by Gasteiger charge is -2.24. The molecule has 3 nitrogen and oxygen atoms in total. The Morgan fingerprint density at radius 3 is 2.86 bits per heavy atom. The van der Waals surface area contributed by atoms with Crippen molar-refractivity contribution >= 4 is 17.7 Å². The summed E-state index contributed by atoms with van der Waals surface area (Å²) >= 11 is 1.63. The van der Waals surface area contributed by atoms with E-state index in [1.54, 1.807) is 22.7 Å². The third-order valence-electron chi connectivity index (χ3n) is 3.68. The highest BCUT2D eigenvalue weighted by molar-refractivity contribution is 8.03. The average molecular weight is 317 g/mol. The SMILES string of the molecule is C=C1SC[C@H](Cc2ccccc2)N1C(=O)CC=C(O)CCC. The number of thioether (sulfide) groups is 1. The van der Waals surface area contributed by atoms with Crippen LogP contribution < -0.4 is 0 Å². The van der Waals surface area contributed by atoms with Crippen molar-refractivity contribution in [2.45, 2.75) is 38.6 Å². The second-order valence-corrected chi connectivity index (χ2v) is 6.55. The zero-order valence-electron chi connectivity index (χ0n) is 13.0. The molecule has 1 aliphatic heterocycles. The van der Waals surface area contributed by atoms with E-state index in [1.165, 1.54) is 5.56 Å². The molecule has 1 aromatic rings. The summed E-state index contributed by atoms with van der Waals surface area (Å²) in [4.78, 5) is 14.3. The maximum atomic E-state index is 12.5. The van der Waals surface area contributed by atoms with Crippen molar-refractivity contribution in [1.29, 1.82) is 0 Å². The Morgan fingerprint density at radius 2 is 2.18 bits per heavy atom. The normalized spacial score (nSPS) is 18.8. The van der Waals surface area contributed by atoms with Gasteiger partial charge in [-0.1, -0.05) is 43.8 Å². The molecule has 4 heteroatoms. The zero-order valence-corrected chi connectivity index (χ0v) is 13.8. The summed E-state index contributed by atoms with van der Waals surface area (Å²) in [6, 6.07) is 10.3. The number of allylic oxidation sites excluding steroid dienone is 1. The molecule has 118 valence electrons. The van der Waals surface area contributed by atoms with Gasteiger partial charge in [0.1, 0.15) is 0 Å². The van der Waals surface area contributed by atoms with E-state index >= 15 is 0 Å². The maximum Gasteiger partial charge on any atom is 0.231 e. The van der Waals surface area contributed by atoms with Gasteiger partial charge in [-0.15, -0.1) is 11.8 Å². The van der Waals surface area contributed by atoms with Gasteiger partial charge in [0.05, 0.1) is 16.8 Å². The first-order chi connectivity index (χ1) is 10.6. The van der Waals surface area contributed by atoms with Crippen LogP contribution in [-0.4, -0.2) is 27.7 Å². The lowest BCUT2D eigenvalue weighted by atomic mass is 10.1. The van der Waals surface area contributed by atoms with Crippen molar-refractivity contribution < 1.29 is 9.90 Å². The lowest BCUT2D eigenvalue weighted by Crippen LogP contribution is -2.36.